The lowest BCUT2D eigenvalue weighted by Gasteiger charge is -2.48. The number of nitrogens with two attached hydrogens (primary N) is 1. The highest BCUT2D eigenvalue weighted by molar-refractivity contribution is 5.99. The number of aromatic nitrogens is 3. The van der Waals surface area contributed by atoms with Gasteiger partial charge in [-0.25, -0.2) is 4.79 Å². The van der Waals surface area contributed by atoms with Crippen LogP contribution in [0.5, 0.6) is 11.6 Å². The standard InChI is InChI=1S/C54H76N12O9/c1-36-30-54(4,19-27-74-53(2,3)35-56-5)51(70)59-47(36)50(69)58-42(10-8-20-55)49(68)57-39-14-12-38(13-15-39)34-73-52(71)66-33-40-32-64(31-37-16-21-63(22-17-37)25-28-72-46-18-26-75-62-46)23-24-65(40)44-29-43(60-61-48(44)66)41-9-6-7-11-45(41)67/h6-7,9,11-15,18,26,29,36-37,40,42,47,56,67H,8,10,16-17,19-25,27-28,30-35,55H2,1-5H3,(H,57,68)(H,58,69)(H,59,70). The molecule has 5 atom stereocenters. The summed E-state index contributed by atoms with van der Waals surface area (Å²) in [5.41, 5.74) is 7.71. The van der Waals surface area contributed by atoms with Crippen molar-refractivity contribution in [1.82, 2.24) is 41.1 Å². The number of anilines is 3. The quantitative estimate of drug-likeness (QED) is 0.0639. The number of carbonyl (C=O) groups is 4. The highest BCUT2D eigenvalue weighted by Gasteiger charge is 2.45. The first-order chi connectivity index (χ1) is 36.1. The molecular formula is C54H76N12O9. The number of nitrogens with one attached hydrogen (secondary N) is 4. The van der Waals surface area contributed by atoms with Crippen LogP contribution < -0.4 is 41.5 Å². The van der Waals surface area contributed by atoms with Crippen LogP contribution in [0.4, 0.5) is 22.0 Å². The van der Waals surface area contributed by atoms with Crippen LogP contribution in [-0.2, 0) is 30.5 Å². The Morgan fingerprint density at radius 1 is 1.01 bits per heavy atom. The molecule has 0 aliphatic carbocycles. The first kappa shape index (κ1) is 54.9. The maximum Gasteiger partial charge on any atom is 0.415 e. The second kappa shape index (κ2) is 25.0. The summed E-state index contributed by atoms with van der Waals surface area (Å²) in [5, 5.41) is 35.5. The van der Waals surface area contributed by atoms with Gasteiger partial charge in [0.25, 0.3) is 5.88 Å². The number of likely N-dealkylation sites (tertiary alicyclic amines) is 1. The average molecular weight is 1040 g/mol. The van der Waals surface area contributed by atoms with Crippen molar-refractivity contribution in [3.05, 3.63) is 72.5 Å². The minimum absolute atomic E-state index is 0.0469. The van der Waals surface area contributed by atoms with E-state index in [1.165, 1.54) is 6.26 Å². The number of piperazine rings is 1. The van der Waals surface area contributed by atoms with E-state index in [4.69, 9.17) is 24.5 Å². The van der Waals surface area contributed by atoms with E-state index in [-0.39, 0.29) is 35.8 Å². The Morgan fingerprint density at radius 2 is 1.80 bits per heavy atom. The molecule has 4 aliphatic rings. The van der Waals surface area contributed by atoms with Crippen LogP contribution in [0.25, 0.3) is 11.3 Å². The van der Waals surface area contributed by atoms with Crippen molar-refractivity contribution in [2.24, 2.45) is 23.0 Å². The zero-order valence-corrected chi connectivity index (χ0v) is 44.1. The fourth-order valence-electron chi connectivity index (χ4n) is 10.9. The van der Waals surface area contributed by atoms with Crippen molar-refractivity contribution >= 4 is 41.0 Å². The van der Waals surface area contributed by atoms with Gasteiger partial charge in [-0.15, -0.1) is 10.2 Å². The molecule has 75 heavy (non-hydrogen) atoms. The number of para-hydroxylation sites is 1. The van der Waals surface area contributed by atoms with Gasteiger partial charge in [-0.05, 0) is 132 Å². The molecule has 4 aromatic rings. The molecule has 21 nitrogen and oxygen atoms in total. The van der Waals surface area contributed by atoms with Crippen molar-refractivity contribution in [3.8, 4) is 22.9 Å². The number of phenolic OH excluding ortho intramolecular Hbond substituents is 1. The second-order valence-corrected chi connectivity index (χ2v) is 21.5. The van der Waals surface area contributed by atoms with Crippen LogP contribution in [-0.4, -0.2) is 164 Å². The number of carbonyl (C=O) groups excluding carboxylic acids is 4. The van der Waals surface area contributed by atoms with Gasteiger partial charge in [-0.2, -0.15) is 0 Å². The zero-order valence-electron chi connectivity index (χ0n) is 44.1. The molecule has 3 saturated heterocycles. The molecule has 2 aromatic carbocycles. The molecule has 0 spiro atoms. The summed E-state index contributed by atoms with van der Waals surface area (Å²) in [6.07, 6.45) is 4.89. The van der Waals surface area contributed by atoms with Crippen LogP contribution in [0.3, 0.4) is 0 Å². The number of amides is 4. The summed E-state index contributed by atoms with van der Waals surface area (Å²) >= 11 is 0. The van der Waals surface area contributed by atoms with Crippen molar-refractivity contribution in [2.75, 3.05) is 101 Å². The van der Waals surface area contributed by atoms with E-state index in [0.717, 1.165) is 64.3 Å². The SMILES string of the molecule is CNCC(C)(C)OCCC1(C)CC(C)C(C(=O)NC(CCCN)C(=O)Nc2ccc(COC(=O)N3CC4CN(CC5CCN(CCOc6ccon6)CC5)CCN4c4cc(-c5ccccc5O)nnc43)cc2)NC1=O. The van der Waals surface area contributed by atoms with Gasteiger partial charge in [0.1, 0.15) is 37.3 Å². The third-order valence-corrected chi connectivity index (χ3v) is 15.1. The Balaban J connectivity index is 0.859. The third-order valence-electron chi connectivity index (χ3n) is 15.1. The molecule has 8 rings (SSSR count). The van der Waals surface area contributed by atoms with E-state index in [0.29, 0.717) is 98.7 Å². The second-order valence-electron chi connectivity index (χ2n) is 21.5. The fourth-order valence-corrected chi connectivity index (χ4v) is 10.9. The largest absolute Gasteiger partial charge is 0.507 e. The van der Waals surface area contributed by atoms with Crippen LogP contribution in [0.2, 0.25) is 0 Å². The number of benzene rings is 2. The number of hydrogen-bond donors (Lipinski definition) is 6. The van der Waals surface area contributed by atoms with Crippen LogP contribution >= 0.6 is 0 Å². The number of phenols is 1. The Morgan fingerprint density at radius 3 is 2.53 bits per heavy atom. The molecular weight excluding hydrogens is 961 g/mol. The summed E-state index contributed by atoms with van der Waals surface area (Å²) in [6.45, 7) is 16.2. The summed E-state index contributed by atoms with van der Waals surface area (Å²) in [6, 6.07) is 15.8. The number of piperidine rings is 2. The van der Waals surface area contributed by atoms with Gasteiger partial charge in [0.15, 0.2) is 5.82 Å². The summed E-state index contributed by atoms with van der Waals surface area (Å²) in [5.74, 6) is 0.266. The normalized spacial score (nSPS) is 21.9. The van der Waals surface area contributed by atoms with Gasteiger partial charge in [0.2, 0.25) is 17.7 Å². The average Bonchev–Trinajstić information content (AvgIpc) is 3.92. The lowest BCUT2D eigenvalue weighted by Crippen LogP contribution is -2.61. The molecule has 5 unspecified atom stereocenters. The predicted octanol–water partition coefficient (Wildman–Crippen LogP) is 4.37. The molecule has 0 radical (unpaired) electrons. The zero-order chi connectivity index (χ0) is 53.1. The number of nitrogens with zero attached hydrogens (tertiary/aromatic N) is 7. The van der Waals surface area contributed by atoms with Gasteiger partial charge in [0.05, 0.1) is 29.6 Å². The maximum absolute atomic E-state index is 14.1. The number of fused-ring (bicyclic) bond motifs is 3. The monoisotopic (exact) mass is 1040 g/mol. The Bertz CT molecular complexity index is 2540. The first-order valence-electron chi connectivity index (χ1n) is 26.5. The summed E-state index contributed by atoms with van der Waals surface area (Å²) in [4.78, 5) is 63.9. The van der Waals surface area contributed by atoms with Crippen molar-refractivity contribution < 1.29 is 43.0 Å². The van der Waals surface area contributed by atoms with E-state index in [9.17, 15) is 24.3 Å². The van der Waals surface area contributed by atoms with E-state index in [1.54, 1.807) is 53.4 Å². The lowest BCUT2D eigenvalue weighted by atomic mass is 9.72. The number of hydrogen-bond acceptors (Lipinski definition) is 17. The molecule has 0 saturated carbocycles. The topological polar surface area (TPSA) is 255 Å². The lowest BCUT2D eigenvalue weighted by molar-refractivity contribution is -0.143. The van der Waals surface area contributed by atoms with Gasteiger partial charge in [-0.3, -0.25) is 29.1 Å². The van der Waals surface area contributed by atoms with E-state index < -0.39 is 35.4 Å². The van der Waals surface area contributed by atoms with Gasteiger partial charge in [-0.1, -0.05) is 38.1 Å². The van der Waals surface area contributed by atoms with Gasteiger partial charge in [0, 0.05) is 68.6 Å². The van der Waals surface area contributed by atoms with E-state index in [1.807, 2.05) is 46.9 Å². The molecule has 21 heteroatoms. The Labute approximate surface area is 439 Å². The van der Waals surface area contributed by atoms with Crippen molar-refractivity contribution in [3.63, 3.8) is 0 Å². The number of rotatable bonds is 22. The predicted molar refractivity (Wildman–Crippen MR) is 283 cm³/mol. The number of likely N-dealkylation sites (N-methyl/N-ethyl adjacent to an activating group) is 1. The molecule has 0 bridgehead atoms. The Kier molecular flexibility index (Phi) is 18.3. The maximum atomic E-state index is 14.1. The van der Waals surface area contributed by atoms with Crippen LogP contribution in [0.1, 0.15) is 71.8 Å². The molecule has 406 valence electrons. The smallest absolute Gasteiger partial charge is 0.415 e. The summed E-state index contributed by atoms with van der Waals surface area (Å²) < 4.78 is 22.6. The highest BCUT2D eigenvalue weighted by Crippen LogP contribution is 2.40. The van der Waals surface area contributed by atoms with Gasteiger partial charge < -0.3 is 55.7 Å². The molecule has 4 aliphatic heterocycles. The molecule has 4 amide bonds. The first-order valence-corrected chi connectivity index (χ1v) is 26.5. The highest BCUT2D eigenvalue weighted by atomic mass is 16.6. The van der Waals surface area contributed by atoms with Crippen molar-refractivity contribution in [2.45, 2.75) is 96.6 Å². The fraction of sp³-hybridized carbons (Fsp3) is 0.574. The Hall–Kier alpha value is -6.39. The van der Waals surface area contributed by atoms with Gasteiger partial charge >= 0.3 is 6.09 Å². The van der Waals surface area contributed by atoms with E-state index >= 15 is 0 Å². The molecule has 3 fully saturated rings. The minimum Gasteiger partial charge on any atom is -0.507 e. The molecule has 7 N–H and O–H groups in total. The van der Waals surface area contributed by atoms with Crippen LogP contribution in [0, 0.1) is 17.3 Å². The van der Waals surface area contributed by atoms with Crippen LogP contribution in [0.15, 0.2) is 71.4 Å². The van der Waals surface area contributed by atoms with E-state index in [2.05, 4.69) is 51.3 Å². The number of aromatic hydroxyl groups is 1. The third kappa shape index (κ3) is 14.1. The number of ether oxygens (including phenoxy) is 3. The molecule has 2 aromatic heterocycles. The van der Waals surface area contributed by atoms with Crippen molar-refractivity contribution in [1.29, 1.82) is 0 Å². The summed E-state index contributed by atoms with van der Waals surface area (Å²) in [7, 11) is 1.87. The minimum atomic E-state index is -0.902. The molecule has 6 heterocycles.